The molecule has 3 aliphatic rings. The third-order valence-electron chi connectivity index (χ3n) is 14.7. The molecule has 9 rings (SSSR count). The van der Waals surface area contributed by atoms with Crippen molar-refractivity contribution >= 4 is 57.1 Å². The predicted octanol–water partition coefficient (Wildman–Crippen LogP) is 8.53. The molecule has 14 nitrogen and oxygen atoms in total. The van der Waals surface area contributed by atoms with Gasteiger partial charge in [0, 0.05) is 96.1 Å². The number of rotatable bonds is 18. The molecule has 1 aromatic heterocycles. The van der Waals surface area contributed by atoms with Crippen LogP contribution in [0.4, 0.5) is 5.69 Å². The lowest BCUT2D eigenvalue weighted by Gasteiger charge is -2.32. The number of unbranched alkanes of at least 4 members (excludes halogenated alkanes) is 1. The summed E-state index contributed by atoms with van der Waals surface area (Å²) in [5.74, 6) is -1.37. The highest BCUT2D eigenvalue weighted by Gasteiger charge is 2.34. The van der Waals surface area contributed by atoms with E-state index < -0.39 is 35.7 Å². The van der Waals surface area contributed by atoms with Crippen LogP contribution in [-0.2, 0) is 38.7 Å². The molecule has 2 atom stereocenters. The number of hydrogen-bond acceptors (Lipinski definition) is 7. The van der Waals surface area contributed by atoms with Gasteiger partial charge in [-0.25, -0.2) is 4.58 Å². The SMILES string of the molecule is CCN(CC)c1ccc2c(-c3ccccc3C(=O)NCCCC[C@@H]3NC(=O)CN(Cc4ccccc4)C(=O)CN(Cc4ccccc4)C(=O)[C@H](Cc4c[nH]c5ccccc45)NC3=O)c3ccc(=[N+](CC)CC)cc-3oc2c1. The largest absolute Gasteiger partial charge is 0.456 e. The number of hydrogen-bond donors (Lipinski definition) is 4. The van der Waals surface area contributed by atoms with E-state index in [9.17, 15) is 24.0 Å². The fraction of sp³-hybridized carbons (Fsp3) is 0.302. The van der Waals surface area contributed by atoms with Crippen molar-refractivity contribution in [2.75, 3.05) is 50.7 Å². The van der Waals surface area contributed by atoms with Gasteiger partial charge in [-0.1, -0.05) is 97.1 Å². The molecule has 77 heavy (non-hydrogen) atoms. The van der Waals surface area contributed by atoms with E-state index in [1.54, 1.807) is 0 Å². The lowest BCUT2D eigenvalue weighted by molar-refractivity contribution is -0.146. The second-order valence-electron chi connectivity index (χ2n) is 19.6. The summed E-state index contributed by atoms with van der Waals surface area (Å²) in [6.07, 6.45) is 3.09. The quantitative estimate of drug-likeness (QED) is 0.0381. The van der Waals surface area contributed by atoms with E-state index in [1.165, 1.54) is 9.80 Å². The summed E-state index contributed by atoms with van der Waals surface area (Å²) in [5.41, 5.74) is 8.18. The highest BCUT2D eigenvalue weighted by molar-refractivity contribution is 6.09. The first kappa shape index (κ1) is 53.3. The average Bonchev–Trinajstić information content (AvgIpc) is 3.88. The summed E-state index contributed by atoms with van der Waals surface area (Å²) in [7, 11) is 0. The van der Waals surface area contributed by atoms with E-state index in [-0.39, 0.29) is 51.5 Å². The van der Waals surface area contributed by atoms with E-state index in [0.717, 1.165) is 98.2 Å². The number of aromatic amines is 1. The molecule has 4 N–H and O–H groups in total. The molecule has 14 heteroatoms. The highest BCUT2D eigenvalue weighted by Crippen LogP contribution is 2.42. The fourth-order valence-corrected chi connectivity index (χ4v) is 10.6. The van der Waals surface area contributed by atoms with Crippen molar-refractivity contribution in [2.24, 2.45) is 0 Å². The van der Waals surface area contributed by atoms with Crippen LogP contribution in [0.25, 0.3) is 44.3 Å². The zero-order valence-corrected chi connectivity index (χ0v) is 44.5. The zero-order chi connectivity index (χ0) is 53.8. The van der Waals surface area contributed by atoms with Crippen LogP contribution in [0, 0.1) is 0 Å². The molecular weight excluding hydrogens is 965 g/mol. The van der Waals surface area contributed by atoms with Crippen LogP contribution in [0.5, 0.6) is 0 Å². The number of anilines is 1. The molecule has 0 saturated carbocycles. The summed E-state index contributed by atoms with van der Waals surface area (Å²) in [5, 5.41) is 12.0. The Morgan fingerprint density at radius 2 is 1.38 bits per heavy atom. The number of aromatic nitrogens is 1. The van der Waals surface area contributed by atoms with E-state index in [4.69, 9.17) is 4.42 Å². The van der Waals surface area contributed by atoms with Gasteiger partial charge in [0.25, 0.3) is 5.91 Å². The first-order chi connectivity index (χ1) is 37.5. The maximum Gasteiger partial charge on any atom is 0.251 e. The van der Waals surface area contributed by atoms with E-state index in [0.29, 0.717) is 18.4 Å². The van der Waals surface area contributed by atoms with Gasteiger partial charge in [-0.15, -0.1) is 0 Å². The first-order valence-electron chi connectivity index (χ1n) is 27.1. The normalized spacial score (nSPS) is 15.5. The van der Waals surface area contributed by atoms with Crippen LogP contribution in [0.3, 0.4) is 0 Å². The Kier molecular flexibility index (Phi) is 17.2. The summed E-state index contributed by atoms with van der Waals surface area (Å²) < 4.78 is 9.01. The number of amides is 5. The van der Waals surface area contributed by atoms with Crippen LogP contribution in [-0.4, -0.2) is 102 Å². The summed E-state index contributed by atoms with van der Waals surface area (Å²) >= 11 is 0. The van der Waals surface area contributed by atoms with Gasteiger partial charge in [0.1, 0.15) is 43.1 Å². The Labute approximate surface area is 450 Å². The third-order valence-corrected chi connectivity index (χ3v) is 14.7. The van der Waals surface area contributed by atoms with Gasteiger partial charge in [0.15, 0.2) is 0 Å². The lowest BCUT2D eigenvalue weighted by Crippen LogP contribution is -2.58. The molecule has 3 heterocycles. The van der Waals surface area contributed by atoms with Crippen LogP contribution < -0.4 is 30.8 Å². The fourth-order valence-electron chi connectivity index (χ4n) is 10.6. The van der Waals surface area contributed by atoms with Crippen molar-refractivity contribution in [1.29, 1.82) is 0 Å². The minimum absolute atomic E-state index is 0.112. The maximum absolute atomic E-state index is 15.0. The lowest BCUT2D eigenvalue weighted by atomic mass is 9.90. The van der Waals surface area contributed by atoms with Gasteiger partial charge >= 0.3 is 0 Å². The Balaban J connectivity index is 0.969. The summed E-state index contributed by atoms with van der Waals surface area (Å²) in [6, 6.07) is 44.6. The number of benzene rings is 6. The second kappa shape index (κ2) is 24.9. The maximum atomic E-state index is 15.0. The topological polar surface area (TPSA) is 163 Å². The second-order valence-corrected chi connectivity index (χ2v) is 19.6. The van der Waals surface area contributed by atoms with Crippen LogP contribution in [0.2, 0.25) is 0 Å². The number of nitrogens with zero attached hydrogens (tertiary/aromatic N) is 4. The standard InChI is InChI=1S/C63H68N8O6/c1-5-68(6-2)46-30-32-51-56(36-46)77-57-37-47(69(7-3)8-4)31-33-52(57)60(51)49-26-15-16-27-50(49)61(74)64-34-20-19-29-54-62(75)67-55(35-45-38-65-53-28-18-17-25-48(45)53)63(76)71(40-44-23-13-10-14-24-44)42-59(73)70(41-58(72)66-54)39-43-21-11-9-12-22-43/h9-18,21-28,30-33,36-38,54-55,65H,5-8,19-20,29,34-35,39-42H2,1-4H3,(H2-,64,66,67,72,74,75)/p+1/t54-,55-/m0/s1. The molecule has 5 aromatic carbocycles. The van der Waals surface area contributed by atoms with E-state index in [2.05, 4.69) is 94.5 Å². The molecule has 0 bridgehead atoms. The molecule has 0 unspecified atom stereocenters. The van der Waals surface area contributed by atoms with Crippen molar-refractivity contribution in [2.45, 2.75) is 78.6 Å². The van der Waals surface area contributed by atoms with Crippen LogP contribution in [0.15, 0.2) is 156 Å². The Bertz CT molecular complexity index is 3410. The smallest absolute Gasteiger partial charge is 0.251 e. The summed E-state index contributed by atoms with van der Waals surface area (Å²) in [6.45, 7) is 11.8. The van der Waals surface area contributed by atoms with Crippen LogP contribution in [0.1, 0.15) is 74.0 Å². The molecular formula is C63H69N8O6+. The van der Waals surface area contributed by atoms with Gasteiger partial charge in [-0.2, -0.15) is 0 Å². The molecule has 1 saturated heterocycles. The number of para-hydroxylation sites is 1. The number of fused-ring (bicyclic) bond motifs is 3. The van der Waals surface area contributed by atoms with Crippen molar-refractivity contribution in [1.82, 2.24) is 35.3 Å². The Morgan fingerprint density at radius 1 is 0.688 bits per heavy atom. The third kappa shape index (κ3) is 12.4. The van der Waals surface area contributed by atoms with Crippen molar-refractivity contribution in [3.8, 4) is 22.5 Å². The van der Waals surface area contributed by atoms with E-state index >= 15 is 0 Å². The number of H-pyrrole nitrogens is 1. The van der Waals surface area contributed by atoms with Crippen molar-refractivity contribution in [3.63, 3.8) is 0 Å². The molecule has 0 radical (unpaired) electrons. The summed E-state index contributed by atoms with van der Waals surface area (Å²) in [4.78, 5) is 81.0. The molecule has 5 amide bonds. The first-order valence-corrected chi connectivity index (χ1v) is 27.1. The van der Waals surface area contributed by atoms with Gasteiger partial charge in [-0.3, -0.25) is 24.0 Å². The van der Waals surface area contributed by atoms with Gasteiger partial charge in [0.05, 0.1) is 12.6 Å². The minimum Gasteiger partial charge on any atom is -0.456 e. The molecule has 2 aliphatic heterocycles. The zero-order valence-electron chi connectivity index (χ0n) is 44.5. The molecule has 1 aliphatic carbocycles. The Hall–Kier alpha value is -8.52. The van der Waals surface area contributed by atoms with Crippen LogP contribution >= 0.6 is 0 Å². The molecule has 0 spiro atoms. The van der Waals surface area contributed by atoms with E-state index in [1.807, 2.05) is 115 Å². The van der Waals surface area contributed by atoms with Gasteiger partial charge in [-0.05, 0) is 99.5 Å². The minimum atomic E-state index is -1.08. The Morgan fingerprint density at radius 3 is 2.10 bits per heavy atom. The highest BCUT2D eigenvalue weighted by atomic mass is 16.3. The number of carbonyl (C=O) groups is 5. The van der Waals surface area contributed by atoms with Gasteiger partial charge < -0.3 is 40.1 Å². The molecule has 396 valence electrons. The molecule has 6 aromatic rings. The predicted molar refractivity (Wildman–Crippen MR) is 304 cm³/mol. The number of carbonyl (C=O) groups excluding carboxylic acids is 5. The monoisotopic (exact) mass is 1030 g/mol. The average molecular weight is 1030 g/mol. The van der Waals surface area contributed by atoms with Crippen molar-refractivity contribution in [3.05, 3.63) is 179 Å². The number of nitrogens with one attached hydrogen (secondary N) is 4. The molecule has 1 fully saturated rings. The van der Waals surface area contributed by atoms with Crippen molar-refractivity contribution < 1.29 is 28.4 Å². The van der Waals surface area contributed by atoms with Gasteiger partial charge in [0.2, 0.25) is 29.0 Å².